The zero-order valence-corrected chi connectivity index (χ0v) is 11.0. The predicted molar refractivity (Wildman–Crippen MR) is 78.9 cm³/mol. The van der Waals surface area contributed by atoms with Crippen LogP contribution in [0.5, 0.6) is 0 Å². The maximum absolute atomic E-state index is 11.9. The van der Waals surface area contributed by atoms with Gasteiger partial charge in [0, 0.05) is 23.6 Å². The van der Waals surface area contributed by atoms with Crippen molar-refractivity contribution in [1.29, 1.82) is 0 Å². The highest BCUT2D eigenvalue weighted by atomic mass is 16.1. The number of nitrogens with zero attached hydrogens (tertiary/aromatic N) is 1. The molecule has 0 aliphatic heterocycles. The minimum absolute atomic E-state index is 0.0706. The van der Waals surface area contributed by atoms with E-state index in [0.717, 1.165) is 16.8 Å². The second-order valence-corrected chi connectivity index (χ2v) is 4.17. The third-order valence-electron chi connectivity index (χ3n) is 2.59. The number of carbonyl (C=O) groups excluding carboxylic acids is 1. The number of hydrogen-bond donors (Lipinski definition) is 2. The van der Waals surface area contributed by atoms with Gasteiger partial charge in [0.05, 0.1) is 13.0 Å². The van der Waals surface area contributed by atoms with Gasteiger partial charge in [0.1, 0.15) is 0 Å². The van der Waals surface area contributed by atoms with Gasteiger partial charge in [-0.05, 0) is 35.9 Å². The average Bonchev–Trinajstić information content (AvgIpc) is 2.47. The Balaban J connectivity index is 1.94. The van der Waals surface area contributed by atoms with Gasteiger partial charge in [0.25, 0.3) is 0 Å². The number of nitrogens with two attached hydrogens (primary N) is 1. The molecule has 0 bridgehead atoms. The van der Waals surface area contributed by atoms with Crippen LogP contribution in [0.25, 0.3) is 0 Å². The molecule has 4 nitrogen and oxygen atoms in total. The Morgan fingerprint density at radius 3 is 2.70 bits per heavy atom. The van der Waals surface area contributed by atoms with Crippen molar-refractivity contribution in [2.45, 2.75) is 6.42 Å². The van der Waals surface area contributed by atoms with Gasteiger partial charge >= 0.3 is 0 Å². The molecule has 1 heterocycles. The first-order chi connectivity index (χ1) is 9.78. The molecule has 0 saturated heterocycles. The van der Waals surface area contributed by atoms with Crippen molar-refractivity contribution in [1.82, 2.24) is 4.98 Å². The molecule has 0 aliphatic rings. The summed E-state index contributed by atoms with van der Waals surface area (Å²) in [5.74, 6) is 5.64. The minimum Gasteiger partial charge on any atom is -0.326 e. The first-order valence-electron chi connectivity index (χ1n) is 6.25. The van der Waals surface area contributed by atoms with E-state index in [1.54, 1.807) is 12.4 Å². The molecule has 0 spiro atoms. The van der Waals surface area contributed by atoms with E-state index in [0.29, 0.717) is 13.0 Å². The first-order valence-corrected chi connectivity index (χ1v) is 6.25. The maximum atomic E-state index is 11.9. The number of benzene rings is 1. The van der Waals surface area contributed by atoms with Crippen molar-refractivity contribution >= 4 is 11.6 Å². The van der Waals surface area contributed by atoms with Gasteiger partial charge in [-0.3, -0.25) is 9.78 Å². The third-order valence-corrected chi connectivity index (χ3v) is 2.59. The van der Waals surface area contributed by atoms with Crippen molar-refractivity contribution in [3.63, 3.8) is 0 Å². The lowest BCUT2D eigenvalue weighted by atomic mass is 10.2. The number of nitrogens with one attached hydrogen (secondary N) is 1. The van der Waals surface area contributed by atoms with Crippen molar-refractivity contribution in [2.75, 3.05) is 11.9 Å². The number of anilines is 1. The molecule has 0 unspecified atom stereocenters. The summed E-state index contributed by atoms with van der Waals surface area (Å²) in [7, 11) is 0. The maximum Gasteiger partial charge on any atom is 0.228 e. The Morgan fingerprint density at radius 1 is 1.25 bits per heavy atom. The van der Waals surface area contributed by atoms with Crippen LogP contribution in [0.4, 0.5) is 5.69 Å². The number of hydrogen-bond acceptors (Lipinski definition) is 3. The van der Waals surface area contributed by atoms with Crippen LogP contribution in [0.1, 0.15) is 11.1 Å². The van der Waals surface area contributed by atoms with Crippen molar-refractivity contribution in [3.05, 3.63) is 59.9 Å². The molecule has 0 saturated carbocycles. The summed E-state index contributed by atoms with van der Waals surface area (Å²) in [6.45, 7) is 0.337. The number of amides is 1. The standard InChI is InChI=1S/C16H15N3O/c17-9-1-3-13-5-7-15(8-6-13)19-16(20)11-14-4-2-10-18-12-14/h2,4-8,10,12H,9,11,17H2,(H,19,20). The van der Waals surface area contributed by atoms with Crippen molar-refractivity contribution < 1.29 is 4.79 Å². The summed E-state index contributed by atoms with van der Waals surface area (Å²) in [4.78, 5) is 15.8. The fraction of sp³-hybridized carbons (Fsp3) is 0.125. The Morgan fingerprint density at radius 2 is 2.05 bits per heavy atom. The van der Waals surface area contributed by atoms with E-state index in [1.165, 1.54) is 0 Å². The van der Waals surface area contributed by atoms with Crippen LogP contribution in [0, 0.1) is 11.8 Å². The SMILES string of the molecule is NCC#Cc1ccc(NC(=O)Cc2cccnc2)cc1. The molecule has 20 heavy (non-hydrogen) atoms. The summed E-state index contributed by atoms with van der Waals surface area (Å²) >= 11 is 0. The molecule has 100 valence electrons. The lowest BCUT2D eigenvalue weighted by molar-refractivity contribution is -0.115. The Bertz CT molecular complexity index is 624. The third kappa shape index (κ3) is 4.23. The van der Waals surface area contributed by atoms with E-state index in [9.17, 15) is 4.79 Å². The normalized spacial score (nSPS) is 9.45. The van der Waals surface area contributed by atoms with Crippen LogP contribution in [-0.4, -0.2) is 17.4 Å². The summed E-state index contributed by atoms with van der Waals surface area (Å²) in [5, 5.41) is 2.83. The summed E-state index contributed by atoms with van der Waals surface area (Å²) in [6.07, 6.45) is 3.68. The van der Waals surface area contributed by atoms with E-state index in [-0.39, 0.29) is 5.91 Å². The van der Waals surface area contributed by atoms with Gasteiger partial charge in [-0.1, -0.05) is 17.9 Å². The highest BCUT2D eigenvalue weighted by molar-refractivity contribution is 5.92. The van der Waals surface area contributed by atoms with Gasteiger partial charge < -0.3 is 11.1 Å². The highest BCUT2D eigenvalue weighted by Crippen LogP contribution is 2.09. The van der Waals surface area contributed by atoms with Crippen molar-refractivity contribution in [2.24, 2.45) is 5.73 Å². The van der Waals surface area contributed by atoms with E-state index in [2.05, 4.69) is 22.1 Å². The molecule has 1 aromatic heterocycles. The fourth-order valence-corrected chi connectivity index (χ4v) is 1.68. The molecule has 2 aromatic rings. The molecular weight excluding hydrogens is 250 g/mol. The van der Waals surface area contributed by atoms with Gasteiger partial charge in [-0.15, -0.1) is 0 Å². The van der Waals surface area contributed by atoms with Crippen LogP contribution < -0.4 is 11.1 Å². The predicted octanol–water partition coefficient (Wildman–Crippen LogP) is 1.57. The topological polar surface area (TPSA) is 68.0 Å². The van der Waals surface area contributed by atoms with E-state index in [1.807, 2.05) is 36.4 Å². The molecule has 0 fully saturated rings. The molecule has 0 atom stereocenters. The van der Waals surface area contributed by atoms with Crippen LogP contribution in [0.15, 0.2) is 48.8 Å². The highest BCUT2D eigenvalue weighted by Gasteiger charge is 2.03. The van der Waals surface area contributed by atoms with Gasteiger partial charge in [0.2, 0.25) is 5.91 Å². The molecule has 4 heteroatoms. The number of aromatic nitrogens is 1. The van der Waals surface area contributed by atoms with Crippen LogP contribution in [-0.2, 0) is 11.2 Å². The largest absolute Gasteiger partial charge is 0.326 e. The van der Waals surface area contributed by atoms with Crippen LogP contribution >= 0.6 is 0 Å². The van der Waals surface area contributed by atoms with Gasteiger partial charge in [0.15, 0.2) is 0 Å². The monoisotopic (exact) mass is 265 g/mol. The zero-order chi connectivity index (χ0) is 14.2. The van der Waals surface area contributed by atoms with E-state index < -0.39 is 0 Å². The molecule has 0 aliphatic carbocycles. The lowest BCUT2D eigenvalue weighted by Gasteiger charge is -2.05. The quantitative estimate of drug-likeness (QED) is 0.828. The van der Waals surface area contributed by atoms with Crippen LogP contribution in [0.2, 0.25) is 0 Å². The van der Waals surface area contributed by atoms with E-state index in [4.69, 9.17) is 5.73 Å². The Hall–Kier alpha value is -2.64. The average molecular weight is 265 g/mol. The van der Waals surface area contributed by atoms with Gasteiger partial charge in [-0.2, -0.15) is 0 Å². The first kappa shape index (κ1) is 13.8. The molecule has 1 amide bonds. The molecule has 3 N–H and O–H groups in total. The van der Waals surface area contributed by atoms with Gasteiger partial charge in [-0.25, -0.2) is 0 Å². The Kier molecular flexibility index (Phi) is 4.87. The number of rotatable bonds is 3. The lowest BCUT2D eigenvalue weighted by Crippen LogP contribution is -2.14. The molecular formula is C16H15N3O. The second-order valence-electron chi connectivity index (χ2n) is 4.17. The van der Waals surface area contributed by atoms with Crippen molar-refractivity contribution in [3.8, 4) is 11.8 Å². The molecule has 1 aromatic carbocycles. The summed E-state index contributed by atoms with van der Waals surface area (Å²) in [5.41, 5.74) is 7.82. The second kappa shape index (κ2) is 7.07. The van der Waals surface area contributed by atoms with Crippen LogP contribution in [0.3, 0.4) is 0 Å². The fourth-order valence-electron chi connectivity index (χ4n) is 1.68. The molecule has 0 radical (unpaired) electrons. The summed E-state index contributed by atoms with van der Waals surface area (Å²) < 4.78 is 0. The zero-order valence-electron chi connectivity index (χ0n) is 11.0. The number of pyridine rings is 1. The van der Waals surface area contributed by atoms with E-state index >= 15 is 0 Å². The minimum atomic E-state index is -0.0706. The number of carbonyl (C=O) groups is 1. The Labute approximate surface area is 118 Å². The molecule has 2 rings (SSSR count). The summed E-state index contributed by atoms with van der Waals surface area (Å²) in [6, 6.07) is 11.0. The smallest absolute Gasteiger partial charge is 0.228 e.